The number of benzene rings is 2. The number of hydrogen-bond acceptors (Lipinski definition) is 4. The predicted molar refractivity (Wildman–Crippen MR) is 95.1 cm³/mol. The molecule has 1 saturated heterocycles. The van der Waals surface area contributed by atoms with Crippen LogP contribution >= 0.6 is 0 Å². The number of hydrogen-bond donors (Lipinski definition) is 1. The zero-order valence-corrected chi connectivity index (χ0v) is 14.7. The molecule has 1 fully saturated rings. The number of carbonyl (C=O) groups excluding carboxylic acids is 1. The Bertz CT molecular complexity index is 835. The Balaban J connectivity index is 1.72. The fourth-order valence-corrected chi connectivity index (χ4v) is 4.01. The lowest BCUT2D eigenvalue weighted by atomic mass is 10.3. The van der Waals surface area contributed by atoms with Crippen molar-refractivity contribution in [1.82, 2.24) is 4.72 Å². The number of sulfonamides is 1. The van der Waals surface area contributed by atoms with Crippen molar-refractivity contribution in [3.8, 4) is 5.75 Å². The van der Waals surface area contributed by atoms with Crippen molar-refractivity contribution < 1.29 is 17.9 Å². The molecule has 132 valence electrons. The Morgan fingerprint density at radius 2 is 1.80 bits per heavy atom. The number of rotatable bonds is 6. The van der Waals surface area contributed by atoms with Gasteiger partial charge in [-0.1, -0.05) is 18.2 Å². The molecule has 25 heavy (non-hydrogen) atoms. The fraction of sp³-hybridized carbons (Fsp3) is 0.278. The highest BCUT2D eigenvalue weighted by Gasteiger charge is 2.35. The van der Waals surface area contributed by atoms with Crippen LogP contribution in [0.3, 0.4) is 0 Å². The van der Waals surface area contributed by atoms with Gasteiger partial charge in [-0.05, 0) is 49.7 Å². The molecule has 0 radical (unpaired) electrons. The molecule has 1 heterocycles. The molecule has 0 aliphatic carbocycles. The molecule has 7 heteroatoms. The van der Waals surface area contributed by atoms with Crippen molar-refractivity contribution in [1.29, 1.82) is 0 Å². The van der Waals surface area contributed by atoms with Gasteiger partial charge in [-0.15, -0.1) is 0 Å². The lowest BCUT2D eigenvalue weighted by Gasteiger charge is -2.17. The molecule has 0 spiro atoms. The summed E-state index contributed by atoms with van der Waals surface area (Å²) in [5, 5.41) is 0. The predicted octanol–water partition coefficient (Wildman–Crippen LogP) is 2.17. The third-order valence-corrected chi connectivity index (χ3v) is 5.50. The minimum atomic E-state index is -3.77. The smallest absolute Gasteiger partial charge is 0.245 e. The topological polar surface area (TPSA) is 75.7 Å². The van der Waals surface area contributed by atoms with E-state index >= 15 is 0 Å². The molecule has 6 nitrogen and oxygen atoms in total. The number of nitrogens with one attached hydrogen (secondary N) is 1. The van der Waals surface area contributed by atoms with E-state index < -0.39 is 16.1 Å². The molecule has 1 aliphatic heterocycles. The maximum Gasteiger partial charge on any atom is 0.245 e. The summed E-state index contributed by atoms with van der Waals surface area (Å²) >= 11 is 0. The van der Waals surface area contributed by atoms with Gasteiger partial charge < -0.3 is 9.64 Å². The molecule has 0 unspecified atom stereocenters. The van der Waals surface area contributed by atoms with E-state index in [0.29, 0.717) is 25.3 Å². The summed E-state index contributed by atoms with van der Waals surface area (Å²) in [6.07, 6.45) is 0.435. The van der Waals surface area contributed by atoms with Crippen LogP contribution in [-0.4, -0.2) is 33.5 Å². The van der Waals surface area contributed by atoms with Gasteiger partial charge in [0.2, 0.25) is 15.9 Å². The first kappa shape index (κ1) is 17.4. The van der Waals surface area contributed by atoms with Crippen molar-refractivity contribution in [2.45, 2.75) is 24.3 Å². The number of anilines is 1. The van der Waals surface area contributed by atoms with Gasteiger partial charge in [0.05, 0.1) is 11.5 Å². The zero-order valence-electron chi connectivity index (χ0n) is 13.9. The van der Waals surface area contributed by atoms with Crippen LogP contribution in [-0.2, 0) is 14.8 Å². The molecule has 0 saturated carbocycles. The average Bonchev–Trinajstić information content (AvgIpc) is 2.97. The van der Waals surface area contributed by atoms with E-state index in [1.807, 2.05) is 37.3 Å². The number of nitrogens with zero attached hydrogens (tertiary/aromatic N) is 1. The first-order valence-corrected chi connectivity index (χ1v) is 9.61. The maximum absolute atomic E-state index is 12.5. The van der Waals surface area contributed by atoms with Crippen molar-refractivity contribution >= 4 is 21.6 Å². The summed E-state index contributed by atoms with van der Waals surface area (Å²) in [5.74, 6) is 0.370. The van der Waals surface area contributed by atoms with Crippen LogP contribution in [0.1, 0.15) is 13.3 Å². The van der Waals surface area contributed by atoms with E-state index in [0.717, 1.165) is 5.69 Å². The molecule has 1 atom stereocenters. The van der Waals surface area contributed by atoms with Crippen molar-refractivity contribution in [2.24, 2.45) is 0 Å². The number of amides is 1. The van der Waals surface area contributed by atoms with Gasteiger partial charge in [0.25, 0.3) is 0 Å². The van der Waals surface area contributed by atoms with Crippen LogP contribution in [0.2, 0.25) is 0 Å². The maximum atomic E-state index is 12.5. The molecule has 1 amide bonds. The summed E-state index contributed by atoms with van der Waals surface area (Å²) < 4.78 is 32.9. The molecule has 2 aromatic carbocycles. The Morgan fingerprint density at radius 3 is 2.44 bits per heavy atom. The highest BCUT2D eigenvalue weighted by atomic mass is 32.2. The standard InChI is InChI=1S/C18H20N2O4S/c1-2-24-15-8-10-16(11-9-15)25(22,23)19-17-12-13-20(18(17)21)14-6-4-3-5-7-14/h3-11,17,19H,2,12-13H2,1H3/t17-/m1/s1. The van der Waals surface area contributed by atoms with E-state index in [9.17, 15) is 13.2 Å². The number of para-hydroxylation sites is 1. The summed E-state index contributed by atoms with van der Waals surface area (Å²) in [4.78, 5) is 14.2. The van der Waals surface area contributed by atoms with Gasteiger partial charge in [0.1, 0.15) is 11.8 Å². The molecule has 2 aromatic rings. The van der Waals surface area contributed by atoms with E-state index in [1.54, 1.807) is 17.0 Å². The van der Waals surface area contributed by atoms with Crippen LogP contribution in [0.15, 0.2) is 59.5 Å². The van der Waals surface area contributed by atoms with Gasteiger partial charge in [0.15, 0.2) is 0 Å². The summed E-state index contributed by atoms with van der Waals surface area (Å²) in [5.41, 5.74) is 0.773. The second-order valence-corrected chi connectivity index (χ2v) is 7.41. The first-order chi connectivity index (χ1) is 12.0. The second-order valence-electron chi connectivity index (χ2n) is 5.69. The Labute approximate surface area is 147 Å². The lowest BCUT2D eigenvalue weighted by Crippen LogP contribution is -2.41. The van der Waals surface area contributed by atoms with Gasteiger partial charge in [-0.2, -0.15) is 4.72 Å². The molecule has 0 aromatic heterocycles. The third-order valence-electron chi connectivity index (χ3n) is 4.02. The number of carbonyl (C=O) groups is 1. The van der Waals surface area contributed by atoms with Gasteiger partial charge >= 0.3 is 0 Å². The van der Waals surface area contributed by atoms with Gasteiger partial charge in [-0.25, -0.2) is 8.42 Å². The average molecular weight is 360 g/mol. The minimum Gasteiger partial charge on any atom is -0.494 e. The Kier molecular flexibility index (Phi) is 5.06. The summed E-state index contributed by atoms with van der Waals surface area (Å²) in [6, 6.07) is 14.6. The Hall–Kier alpha value is -2.38. The fourth-order valence-electron chi connectivity index (χ4n) is 2.79. The molecule has 1 N–H and O–H groups in total. The second kappa shape index (κ2) is 7.25. The highest BCUT2D eigenvalue weighted by molar-refractivity contribution is 7.89. The number of ether oxygens (including phenoxy) is 1. The van der Waals surface area contributed by atoms with Gasteiger partial charge in [0, 0.05) is 12.2 Å². The first-order valence-electron chi connectivity index (χ1n) is 8.13. The Morgan fingerprint density at radius 1 is 1.12 bits per heavy atom. The van der Waals surface area contributed by atoms with E-state index in [4.69, 9.17) is 4.74 Å². The summed E-state index contributed by atoms with van der Waals surface area (Å²) in [6.45, 7) is 2.85. The molecule has 1 aliphatic rings. The lowest BCUT2D eigenvalue weighted by molar-refractivity contribution is -0.118. The van der Waals surface area contributed by atoms with Crippen molar-refractivity contribution in [2.75, 3.05) is 18.1 Å². The zero-order chi connectivity index (χ0) is 17.9. The monoisotopic (exact) mass is 360 g/mol. The van der Waals surface area contributed by atoms with Crippen molar-refractivity contribution in [3.63, 3.8) is 0 Å². The van der Waals surface area contributed by atoms with Gasteiger partial charge in [-0.3, -0.25) is 4.79 Å². The van der Waals surface area contributed by atoms with Crippen LogP contribution in [0.25, 0.3) is 0 Å². The highest BCUT2D eigenvalue weighted by Crippen LogP contribution is 2.23. The van der Waals surface area contributed by atoms with Crippen LogP contribution < -0.4 is 14.4 Å². The van der Waals surface area contributed by atoms with Crippen molar-refractivity contribution in [3.05, 3.63) is 54.6 Å². The molecule has 0 bridgehead atoms. The third kappa shape index (κ3) is 3.83. The van der Waals surface area contributed by atoms with Crippen LogP contribution in [0, 0.1) is 0 Å². The SMILES string of the molecule is CCOc1ccc(S(=O)(=O)N[C@@H]2CCN(c3ccccc3)C2=O)cc1. The normalized spacial score (nSPS) is 17.7. The van der Waals surface area contributed by atoms with E-state index in [2.05, 4.69) is 4.72 Å². The van der Waals surface area contributed by atoms with Crippen LogP contribution in [0.5, 0.6) is 5.75 Å². The van der Waals surface area contributed by atoms with E-state index in [-0.39, 0.29) is 10.8 Å². The largest absolute Gasteiger partial charge is 0.494 e. The molecule has 3 rings (SSSR count). The molecular weight excluding hydrogens is 340 g/mol. The minimum absolute atomic E-state index is 0.113. The van der Waals surface area contributed by atoms with Crippen LogP contribution in [0.4, 0.5) is 5.69 Å². The quantitative estimate of drug-likeness (QED) is 0.857. The summed E-state index contributed by atoms with van der Waals surface area (Å²) in [7, 11) is -3.77. The van der Waals surface area contributed by atoms with E-state index in [1.165, 1.54) is 12.1 Å². The molecular formula is C18H20N2O4S.